The second-order valence-electron chi connectivity index (χ2n) is 4.65. The first-order valence-corrected chi connectivity index (χ1v) is 6.73. The van der Waals surface area contributed by atoms with Gasteiger partial charge < -0.3 is 16.4 Å². The molecule has 1 aromatic rings. The van der Waals surface area contributed by atoms with Crippen molar-refractivity contribution in [3.8, 4) is 0 Å². The monoisotopic (exact) mass is 296 g/mol. The van der Waals surface area contributed by atoms with Gasteiger partial charge in [-0.05, 0) is 24.3 Å². The Morgan fingerprint density at radius 1 is 1.40 bits per heavy atom. The molecule has 20 heavy (non-hydrogen) atoms. The minimum Gasteiger partial charge on any atom is -0.368 e. The molecule has 0 spiro atoms. The zero-order valence-electron chi connectivity index (χ0n) is 10.9. The van der Waals surface area contributed by atoms with Gasteiger partial charge in [-0.15, -0.1) is 0 Å². The third kappa shape index (κ3) is 3.93. The van der Waals surface area contributed by atoms with Crippen LogP contribution in [-0.2, 0) is 9.59 Å². The Bertz CT molecular complexity index is 492. The number of anilines is 1. The lowest BCUT2D eigenvalue weighted by molar-refractivity contribution is -0.125. The van der Waals surface area contributed by atoms with Crippen molar-refractivity contribution in [2.75, 3.05) is 31.5 Å². The maximum atomic E-state index is 12.0. The number of nitrogens with two attached hydrogens (primary N) is 1. The third-order valence-electron chi connectivity index (χ3n) is 3.16. The standard InChI is InChI=1S/C13H17ClN4O2/c14-9-1-3-10(4-2-9)17-12(19)8-18-6-5-16-7-11(18)13(15)20/h1-4,11,16H,5-8H2,(H2,15,20)(H,17,19). The molecule has 108 valence electrons. The molecule has 1 heterocycles. The van der Waals surface area contributed by atoms with Crippen molar-refractivity contribution in [2.45, 2.75) is 6.04 Å². The van der Waals surface area contributed by atoms with E-state index >= 15 is 0 Å². The van der Waals surface area contributed by atoms with Crippen LogP contribution >= 0.6 is 11.6 Å². The van der Waals surface area contributed by atoms with Crippen molar-refractivity contribution in [3.05, 3.63) is 29.3 Å². The van der Waals surface area contributed by atoms with Gasteiger partial charge in [-0.1, -0.05) is 11.6 Å². The zero-order chi connectivity index (χ0) is 14.5. The zero-order valence-corrected chi connectivity index (χ0v) is 11.7. The summed E-state index contributed by atoms with van der Waals surface area (Å²) in [6.07, 6.45) is 0. The molecule has 0 aromatic heterocycles. The van der Waals surface area contributed by atoms with Crippen molar-refractivity contribution < 1.29 is 9.59 Å². The molecule has 7 heteroatoms. The van der Waals surface area contributed by atoms with Crippen LogP contribution in [0.3, 0.4) is 0 Å². The Balaban J connectivity index is 1.92. The molecule has 1 unspecified atom stereocenters. The van der Waals surface area contributed by atoms with E-state index in [-0.39, 0.29) is 12.5 Å². The van der Waals surface area contributed by atoms with Gasteiger partial charge in [0.05, 0.1) is 6.54 Å². The lowest BCUT2D eigenvalue weighted by Crippen LogP contribution is -2.58. The highest BCUT2D eigenvalue weighted by molar-refractivity contribution is 6.30. The van der Waals surface area contributed by atoms with Gasteiger partial charge in [0.15, 0.2) is 0 Å². The number of nitrogens with one attached hydrogen (secondary N) is 2. The summed E-state index contributed by atoms with van der Waals surface area (Å²) >= 11 is 5.78. The SMILES string of the molecule is NC(=O)C1CNCCN1CC(=O)Nc1ccc(Cl)cc1. The fourth-order valence-corrected chi connectivity index (χ4v) is 2.26. The average Bonchev–Trinajstić information content (AvgIpc) is 2.41. The van der Waals surface area contributed by atoms with Crippen molar-refractivity contribution in [1.29, 1.82) is 0 Å². The van der Waals surface area contributed by atoms with Crippen LogP contribution < -0.4 is 16.4 Å². The summed E-state index contributed by atoms with van der Waals surface area (Å²) in [5.74, 6) is -0.600. The lowest BCUT2D eigenvalue weighted by Gasteiger charge is -2.33. The Morgan fingerprint density at radius 2 is 2.10 bits per heavy atom. The number of amides is 2. The van der Waals surface area contributed by atoms with Gasteiger partial charge in [-0.2, -0.15) is 0 Å². The number of carbonyl (C=O) groups excluding carboxylic acids is 2. The molecular weight excluding hydrogens is 280 g/mol. The molecule has 0 aliphatic carbocycles. The lowest BCUT2D eigenvalue weighted by atomic mass is 10.2. The number of carbonyl (C=O) groups is 2. The van der Waals surface area contributed by atoms with Gasteiger partial charge in [0.2, 0.25) is 11.8 Å². The number of hydrogen-bond donors (Lipinski definition) is 3. The molecule has 4 N–H and O–H groups in total. The molecular formula is C13H17ClN4O2. The molecule has 0 radical (unpaired) electrons. The molecule has 2 rings (SSSR count). The van der Waals surface area contributed by atoms with Crippen molar-refractivity contribution >= 4 is 29.1 Å². The minimum absolute atomic E-state index is 0.137. The van der Waals surface area contributed by atoms with E-state index in [4.69, 9.17) is 17.3 Å². The van der Waals surface area contributed by atoms with Crippen LogP contribution in [0.15, 0.2) is 24.3 Å². The predicted octanol–water partition coefficient (Wildman–Crippen LogP) is 0.0376. The first-order chi connectivity index (χ1) is 9.56. The smallest absolute Gasteiger partial charge is 0.238 e. The highest BCUT2D eigenvalue weighted by Crippen LogP contribution is 2.13. The van der Waals surface area contributed by atoms with Crippen LogP contribution in [0.1, 0.15) is 0 Å². The van der Waals surface area contributed by atoms with E-state index in [0.29, 0.717) is 23.8 Å². The van der Waals surface area contributed by atoms with Gasteiger partial charge >= 0.3 is 0 Å². The number of hydrogen-bond acceptors (Lipinski definition) is 4. The first-order valence-electron chi connectivity index (χ1n) is 6.36. The molecule has 1 atom stereocenters. The van der Waals surface area contributed by atoms with E-state index in [1.807, 2.05) is 0 Å². The van der Waals surface area contributed by atoms with Crippen LogP contribution in [0.2, 0.25) is 5.02 Å². The Hall–Kier alpha value is -1.63. The molecule has 1 fully saturated rings. The van der Waals surface area contributed by atoms with Gasteiger partial charge in [0.25, 0.3) is 0 Å². The van der Waals surface area contributed by atoms with Gasteiger partial charge in [0, 0.05) is 30.3 Å². The van der Waals surface area contributed by atoms with Gasteiger partial charge in [-0.3, -0.25) is 14.5 Å². The fraction of sp³-hybridized carbons (Fsp3) is 0.385. The average molecular weight is 297 g/mol. The van der Waals surface area contributed by atoms with Gasteiger partial charge in [-0.25, -0.2) is 0 Å². The summed E-state index contributed by atoms with van der Waals surface area (Å²) < 4.78 is 0. The van der Waals surface area contributed by atoms with Crippen LogP contribution in [-0.4, -0.2) is 48.9 Å². The summed E-state index contributed by atoms with van der Waals surface area (Å²) in [7, 11) is 0. The largest absolute Gasteiger partial charge is 0.368 e. The Labute approximate surface area is 122 Å². The summed E-state index contributed by atoms with van der Waals surface area (Å²) in [5.41, 5.74) is 6.01. The number of piperazine rings is 1. The van der Waals surface area contributed by atoms with E-state index in [9.17, 15) is 9.59 Å². The van der Waals surface area contributed by atoms with Crippen LogP contribution in [0.25, 0.3) is 0 Å². The summed E-state index contributed by atoms with van der Waals surface area (Å²) in [5, 5.41) is 6.46. The highest BCUT2D eigenvalue weighted by atomic mass is 35.5. The topological polar surface area (TPSA) is 87.5 Å². The Morgan fingerprint density at radius 3 is 2.75 bits per heavy atom. The maximum Gasteiger partial charge on any atom is 0.238 e. The summed E-state index contributed by atoms with van der Waals surface area (Å²) in [6, 6.07) is 6.41. The molecule has 1 aliphatic rings. The fourth-order valence-electron chi connectivity index (χ4n) is 2.13. The number of benzene rings is 1. The number of primary amides is 1. The Kier molecular flexibility index (Phi) is 4.94. The molecule has 0 bridgehead atoms. The number of nitrogens with zero attached hydrogens (tertiary/aromatic N) is 1. The quantitative estimate of drug-likeness (QED) is 0.732. The van der Waals surface area contributed by atoms with Gasteiger partial charge in [0.1, 0.15) is 6.04 Å². The van der Waals surface area contributed by atoms with Crippen LogP contribution in [0.4, 0.5) is 5.69 Å². The number of halogens is 1. The maximum absolute atomic E-state index is 12.0. The van der Waals surface area contributed by atoms with Crippen LogP contribution in [0, 0.1) is 0 Å². The van der Waals surface area contributed by atoms with Crippen LogP contribution in [0.5, 0.6) is 0 Å². The van der Waals surface area contributed by atoms with E-state index in [1.165, 1.54) is 0 Å². The minimum atomic E-state index is -0.445. The van der Waals surface area contributed by atoms with E-state index in [0.717, 1.165) is 6.54 Å². The molecule has 0 saturated carbocycles. The summed E-state index contributed by atoms with van der Waals surface area (Å²) in [4.78, 5) is 25.1. The molecule has 1 aliphatic heterocycles. The third-order valence-corrected chi connectivity index (χ3v) is 3.41. The molecule has 1 saturated heterocycles. The molecule has 2 amide bonds. The van der Waals surface area contributed by atoms with E-state index in [2.05, 4.69) is 10.6 Å². The second-order valence-corrected chi connectivity index (χ2v) is 5.08. The summed E-state index contributed by atoms with van der Waals surface area (Å²) in [6.45, 7) is 1.96. The first kappa shape index (κ1) is 14.8. The van der Waals surface area contributed by atoms with Crippen molar-refractivity contribution in [1.82, 2.24) is 10.2 Å². The van der Waals surface area contributed by atoms with E-state index < -0.39 is 11.9 Å². The van der Waals surface area contributed by atoms with E-state index in [1.54, 1.807) is 29.2 Å². The molecule has 1 aromatic carbocycles. The number of rotatable bonds is 4. The predicted molar refractivity (Wildman–Crippen MR) is 77.5 cm³/mol. The highest BCUT2D eigenvalue weighted by Gasteiger charge is 2.28. The second kappa shape index (κ2) is 6.69. The normalized spacial score (nSPS) is 19.6. The van der Waals surface area contributed by atoms with Crippen molar-refractivity contribution in [2.24, 2.45) is 5.73 Å². The van der Waals surface area contributed by atoms with Crippen molar-refractivity contribution in [3.63, 3.8) is 0 Å². The molecule has 6 nitrogen and oxygen atoms in total.